The standard InChI is InChI=1S/C33H31N5O4S/c1-5-27(21-9-6-11-25(15-21)36-43(4,40)41)31-28-13-8-14-34-32(28)42-20-24-18-30-23(17-29(24)31)19-35-38(30)26-12-7-10-22(16-26)33(39)37(2)3/h6-19,36H,5,20H2,1-4H3/b31-27+. The number of carbonyl (C=O) groups is 1. The van der Waals surface area contributed by atoms with E-state index in [9.17, 15) is 13.2 Å². The van der Waals surface area contributed by atoms with Crippen LogP contribution in [-0.2, 0) is 16.6 Å². The van der Waals surface area contributed by atoms with E-state index in [1.165, 1.54) is 0 Å². The predicted octanol–water partition coefficient (Wildman–Crippen LogP) is 5.76. The Bertz CT molecular complexity index is 2030. The van der Waals surface area contributed by atoms with Gasteiger partial charge in [0.25, 0.3) is 5.91 Å². The highest BCUT2D eigenvalue weighted by atomic mass is 32.2. The van der Waals surface area contributed by atoms with Crippen LogP contribution in [0.25, 0.3) is 27.7 Å². The highest BCUT2D eigenvalue weighted by Gasteiger charge is 2.25. The van der Waals surface area contributed by atoms with Crippen molar-refractivity contribution in [1.29, 1.82) is 0 Å². The Balaban J connectivity index is 1.56. The third-order valence-electron chi connectivity index (χ3n) is 7.38. The molecule has 3 heterocycles. The number of aromatic nitrogens is 3. The molecule has 0 spiro atoms. The SMILES string of the molecule is CC/C(=C1\c2cc3cnn(-c4cccc(C(=O)N(C)C)c4)c3cc2COc2ncccc21)c1cccc(NS(C)(=O)=O)c1. The van der Waals surface area contributed by atoms with Gasteiger partial charge < -0.3 is 9.64 Å². The minimum atomic E-state index is -3.44. The number of fused-ring (bicyclic) bond motifs is 3. The van der Waals surface area contributed by atoms with Crippen molar-refractivity contribution in [3.05, 3.63) is 113 Å². The predicted molar refractivity (Wildman–Crippen MR) is 169 cm³/mol. The lowest BCUT2D eigenvalue weighted by atomic mass is 9.86. The molecule has 218 valence electrons. The summed E-state index contributed by atoms with van der Waals surface area (Å²) in [7, 11) is 0.0239. The van der Waals surface area contributed by atoms with Crippen LogP contribution in [0.1, 0.15) is 46.0 Å². The van der Waals surface area contributed by atoms with Gasteiger partial charge in [-0.2, -0.15) is 5.10 Å². The molecule has 1 N–H and O–H groups in total. The number of nitrogens with one attached hydrogen (secondary N) is 1. The molecule has 10 heteroatoms. The van der Waals surface area contributed by atoms with E-state index in [-0.39, 0.29) is 5.91 Å². The number of allylic oxidation sites excluding steroid dienone is 1. The molecule has 43 heavy (non-hydrogen) atoms. The summed E-state index contributed by atoms with van der Waals surface area (Å²) < 4.78 is 34.6. The number of ether oxygens (including phenoxy) is 1. The molecule has 1 aliphatic heterocycles. The average molecular weight is 594 g/mol. The topological polar surface area (TPSA) is 106 Å². The molecule has 0 radical (unpaired) electrons. The molecule has 1 amide bonds. The summed E-state index contributed by atoms with van der Waals surface area (Å²) in [5.41, 5.74) is 8.45. The molecule has 3 aromatic carbocycles. The molecular weight excluding hydrogens is 562 g/mol. The summed E-state index contributed by atoms with van der Waals surface area (Å²) in [6, 6.07) is 22.9. The fourth-order valence-electron chi connectivity index (χ4n) is 5.53. The number of benzene rings is 3. The van der Waals surface area contributed by atoms with Crippen molar-refractivity contribution in [1.82, 2.24) is 19.7 Å². The first-order valence-corrected chi connectivity index (χ1v) is 15.7. The molecule has 1 aliphatic rings. The molecule has 6 rings (SSSR count). The monoisotopic (exact) mass is 593 g/mol. The molecule has 0 aliphatic carbocycles. The van der Waals surface area contributed by atoms with E-state index in [0.29, 0.717) is 30.2 Å². The van der Waals surface area contributed by atoms with Gasteiger partial charge in [-0.1, -0.05) is 25.1 Å². The molecule has 2 aromatic heterocycles. The van der Waals surface area contributed by atoms with Gasteiger partial charge in [0.1, 0.15) is 6.61 Å². The number of carbonyl (C=O) groups excluding carboxylic acids is 1. The Kier molecular flexibility index (Phi) is 7.23. The van der Waals surface area contributed by atoms with Crippen molar-refractivity contribution >= 4 is 43.7 Å². The Morgan fingerprint density at radius 3 is 2.56 bits per heavy atom. The Morgan fingerprint density at radius 1 is 1.00 bits per heavy atom. The van der Waals surface area contributed by atoms with Gasteiger partial charge in [-0.05, 0) is 88.9 Å². The summed E-state index contributed by atoms with van der Waals surface area (Å²) in [4.78, 5) is 18.7. The van der Waals surface area contributed by atoms with Crippen LogP contribution < -0.4 is 9.46 Å². The zero-order valence-corrected chi connectivity index (χ0v) is 25.1. The fourth-order valence-corrected chi connectivity index (χ4v) is 6.08. The second-order valence-corrected chi connectivity index (χ2v) is 12.4. The first kappa shape index (κ1) is 28.2. The van der Waals surface area contributed by atoms with E-state index < -0.39 is 10.0 Å². The Hall–Kier alpha value is -4.96. The van der Waals surface area contributed by atoms with E-state index in [0.717, 1.165) is 56.2 Å². The van der Waals surface area contributed by atoms with Crippen LogP contribution in [0.4, 0.5) is 5.69 Å². The second kappa shape index (κ2) is 11.0. The number of hydrogen-bond donors (Lipinski definition) is 1. The average Bonchev–Trinajstić information content (AvgIpc) is 3.33. The molecule has 9 nitrogen and oxygen atoms in total. The Morgan fingerprint density at radius 2 is 1.79 bits per heavy atom. The van der Waals surface area contributed by atoms with Crippen molar-refractivity contribution in [2.45, 2.75) is 20.0 Å². The number of nitrogens with zero attached hydrogens (tertiary/aromatic N) is 4. The van der Waals surface area contributed by atoms with E-state index in [1.54, 1.807) is 37.3 Å². The number of hydrogen-bond acceptors (Lipinski definition) is 6. The molecule has 0 atom stereocenters. The van der Waals surface area contributed by atoms with E-state index in [4.69, 9.17) is 9.84 Å². The van der Waals surface area contributed by atoms with Crippen molar-refractivity contribution in [3.8, 4) is 11.6 Å². The zero-order valence-electron chi connectivity index (χ0n) is 24.3. The van der Waals surface area contributed by atoms with Crippen LogP contribution in [-0.4, -0.2) is 54.3 Å². The number of amides is 1. The zero-order chi connectivity index (χ0) is 30.3. The lowest BCUT2D eigenvalue weighted by molar-refractivity contribution is 0.0827. The highest BCUT2D eigenvalue weighted by molar-refractivity contribution is 7.92. The summed E-state index contributed by atoms with van der Waals surface area (Å²) in [5, 5.41) is 5.63. The number of anilines is 1. The first-order valence-electron chi connectivity index (χ1n) is 13.9. The number of pyridine rings is 1. The van der Waals surface area contributed by atoms with Crippen LogP contribution in [0.15, 0.2) is 85.2 Å². The van der Waals surface area contributed by atoms with Crippen molar-refractivity contribution < 1.29 is 17.9 Å². The van der Waals surface area contributed by atoms with Crippen LogP contribution in [0.5, 0.6) is 5.88 Å². The summed E-state index contributed by atoms with van der Waals surface area (Å²) in [6.07, 6.45) is 5.35. The second-order valence-electron chi connectivity index (χ2n) is 10.7. The van der Waals surface area contributed by atoms with Gasteiger partial charge in [0.05, 0.1) is 23.7 Å². The van der Waals surface area contributed by atoms with Crippen molar-refractivity contribution in [2.75, 3.05) is 25.1 Å². The van der Waals surface area contributed by atoms with Crippen LogP contribution in [0, 0.1) is 0 Å². The summed E-state index contributed by atoms with van der Waals surface area (Å²) in [6.45, 7) is 2.38. The molecule has 0 saturated carbocycles. The molecule has 5 aromatic rings. The molecule has 0 bridgehead atoms. The van der Waals surface area contributed by atoms with Gasteiger partial charge in [0, 0.05) is 42.5 Å². The maximum Gasteiger partial charge on any atom is 0.253 e. The normalized spacial score (nSPS) is 13.9. The lowest BCUT2D eigenvalue weighted by Gasteiger charge is -2.18. The highest BCUT2D eigenvalue weighted by Crippen LogP contribution is 2.43. The quantitative estimate of drug-likeness (QED) is 0.269. The minimum Gasteiger partial charge on any atom is -0.472 e. The van der Waals surface area contributed by atoms with E-state index >= 15 is 0 Å². The van der Waals surface area contributed by atoms with Crippen molar-refractivity contribution in [3.63, 3.8) is 0 Å². The molecule has 0 unspecified atom stereocenters. The van der Waals surface area contributed by atoms with Gasteiger partial charge >= 0.3 is 0 Å². The Labute approximate surface area is 250 Å². The largest absolute Gasteiger partial charge is 0.472 e. The minimum absolute atomic E-state index is 0.0801. The summed E-state index contributed by atoms with van der Waals surface area (Å²) in [5.74, 6) is 0.453. The van der Waals surface area contributed by atoms with Crippen molar-refractivity contribution in [2.24, 2.45) is 0 Å². The smallest absolute Gasteiger partial charge is 0.253 e. The maximum absolute atomic E-state index is 12.6. The first-order chi connectivity index (χ1) is 20.6. The third kappa shape index (κ3) is 5.49. The van der Waals surface area contributed by atoms with Gasteiger partial charge in [-0.25, -0.2) is 18.1 Å². The van der Waals surface area contributed by atoms with Crippen LogP contribution in [0.2, 0.25) is 0 Å². The molecule has 0 fully saturated rings. The molecular formula is C33H31N5O4S. The van der Waals surface area contributed by atoms with Crippen LogP contribution >= 0.6 is 0 Å². The van der Waals surface area contributed by atoms with Gasteiger partial charge in [-0.15, -0.1) is 0 Å². The van der Waals surface area contributed by atoms with Gasteiger partial charge in [0.2, 0.25) is 15.9 Å². The lowest BCUT2D eigenvalue weighted by Crippen LogP contribution is -2.21. The van der Waals surface area contributed by atoms with Gasteiger partial charge in [0.15, 0.2) is 0 Å². The number of rotatable bonds is 6. The van der Waals surface area contributed by atoms with Crippen LogP contribution in [0.3, 0.4) is 0 Å². The molecule has 0 saturated heterocycles. The van der Waals surface area contributed by atoms with E-state index in [1.807, 2.05) is 59.4 Å². The van der Waals surface area contributed by atoms with Gasteiger partial charge in [-0.3, -0.25) is 9.52 Å². The fraction of sp³-hybridized carbons (Fsp3) is 0.182. The van der Waals surface area contributed by atoms with E-state index in [2.05, 4.69) is 28.8 Å². The number of sulfonamides is 1. The summed E-state index contributed by atoms with van der Waals surface area (Å²) >= 11 is 0. The third-order valence-corrected chi connectivity index (χ3v) is 7.99. The maximum atomic E-state index is 12.6.